The van der Waals surface area contributed by atoms with Crippen molar-refractivity contribution in [3.63, 3.8) is 0 Å². The number of ether oxygens (including phenoxy) is 2. The number of aromatic nitrogens is 2. The van der Waals surface area contributed by atoms with E-state index in [-0.39, 0.29) is 40.7 Å². The van der Waals surface area contributed by atoms with E-state index in [1.165, 1.54) is 6.07 Å². The first-order chi connectivity index (χ1) is 18.6. The summed E-state index contributed by atoms with van der Waals surface area (Å²) in [5, 5.41) is 11.1. The number of phenols is 1. The minimum Gasteiger partial charge on any atom is -0.508 e. The van der Waals surface area contributed by atoms with Crippen LogP contribution in [0.1, 0.15) is 12.0 Å². The van der Waals surface area contributed by atoms with Crippen LogP contribution in [0.25, 0.3) is 32.8 Å². The Hall–Kier alpha value is -3.70. The molecule has 0 radical (unpaired) electrons. The highest BCUT2D eigenvalue weighted by molar-refractivity contribution is 6.02. The van der Waals surface area contributed by atoms with E-state index in [9.17, 15) is 18.3 Å². The zero-order chi connectivity index (χ0) is 27.7. The Bertz CT molecular complexity index is 1500. The molecule has 1 aliphatic heterocycles. The lowest BCUT2D eigenvalue weighted by atomic mass is 9.92. The standard InChI is InChI=1S/C28H28F4N4O3/c1-35(2)8-5-11-39-27-33-25-21(26(34-27)36-9-12-38-13-10-36)16-22(28(30,31)32)23(24(25)29)20-15-18(37)14-17-6-3-4-7-19(17)20/h3-4,6-7,14-16,37H,5,8-13H2,1-2H3. The van der Waals surface area contributed by atoms with Gasteiger partial charge in [-0.2, -0.15) is 23.1 Å². The topological polar surface area (TPSA) is 71.0 Å². The Morgan fingerprint density at radius 3 is 2.51 bits per heavy atom. The molecule has 0 saturated carbocycles. The van der Waals surface area contributed by atoms with Gasteiger partial charge in [0.25, 0.3) is 0 Å². The maximum Gasteiger partial charge on any atom is 0.417 e. The van der Waals surface area contributed by atoms with E-state index < -0.39 is 23.1 Å². The van der Waals surface area contributed by atoms with E-state index in [2.05, 4.69) is 9.97 Å². The number of anilines is 1. The average Bonchev–Trinajstić information content (AvgIpc) is 2.90. The van der Waals surface area contributed by atoms with Gasteiger partial charge in [0.05, 0.1) is 25.4 Å². The Balaban J connectivity index is 1.76. The number of alkyl halides is 3. The SMILES string of the molecule is CN(C)CCCOc1nc(N2CCOCC2)c2cc(C(F)(F)F)c(-c3cc(O)cc4ccccc34)c(F)c2n1. The lowest BCUT2D eigenvalue weighted by Gasteiger charge is -2.29. The normalized spacial score (nSPS) is 14.5. The van der Waals surface area contributed by atoms with Crippen molar-refractivity contribution in [1.82, 2.24) is 14.9 Å². The maximum absolute atomic E-state index is 16.4. The Labute approximate surface area is 222 Å². The lowest BCUT2D eigenvalue weighted by molar-refractivity contribution is -0.137. The summed E-state index contributed by atoms with van der Waals surface area (Å²) in [7, 11) is 3.84. The Kier molecular flexibility index (Phi) is 7.46. The lowest BCUT2D eigenvalue weighted by Crippen LogP contribution is -2.37. The van der Waals surface area contributed by atoms with Gasteiger partial charge in [-0.05, 0) is 55.1 Å². The van der Waals surface area contributed by atoms with Gasteiger partial charge >= 0.3 is 12.2 Å². The predicted octanol–water partition coefficient (Wildman–Crippen LogP) is 5.48. The highest BCUT2D eigenvalue weighted by atomic mass is 19.4. The fourth-order valence-corrected chi connectivity index (χ4v) is 4.80. The summed E-state index contributed by atoms with van der Waals surface area (Å²) >= 11 is 0. The monoisotopic (exact) mass is 544 g/mol. The van der Waals surface area contributed by atoms with Crippen LogP contribution in [0.5, 0.6) is 11.8 Å². The minimum absolute atomic E-state index is 0.0735. The molecule has 0 spiro atoms. The maximum atomic E-state index is 16.4. The fourth-order valence-electron chi connectivity index (χ4n) is 4.80. The van der Waals surface area contributed by atoms with Gasteiger partial charge in [0.15, 0.2) is 5.82 Å². The highest BCUT2D eigenvalue weighted by Gasteiger charge is 2.38. The van der Waals surface area contributed by atoms with E-state index in [0.29, 0.717) is 43.5 Å². The van der Waals surface area contributed by atoms with E-state index in [1.807, 2.05) is 19.0 Å². The van der Waals surface area contributed by atoms with Gasteiger partial charge in [0.2, 0.25) is 0 Å². The zero-order valence-electron chi connectivity index (χ0n) is 21.6. The largest absolute Gasteiger partial charge is 0.508 e. The van der Waals surface area contributed by atoms with Crippen molar-refractivity contribution in [3.05, 3.63) is 53.8 Å². The second-order valence-corrected chi connectivity index (χ2v) is 9.66. The molecule has 39 heavy (non-hydrogen) atoms. The molecule has 4 aromatic rings. The molecule has 206 valence electrons. The third-order valence-electron chi connectivity index (χ3n) is 6.60. The van der Waals surface area contributed by atoms with Crippen LogP contribution in [0, 0.1) is 5.82 Å². The summed E-state index contributed by atoms with van der Waals surface area (Å²) in [6.45, 7) is 2.43. The molecule has 5 rings (SSSR count). The van der Waals surface area contributed by atoms with Gasteiger partial charge in [-0.1, -0.05) is 24.3 Å². The van der Waals surface area contributed by atoms with Crippen molar-refractivity contribution in [2.75, 3.05) is 58.5 Å². The summed E-state index contributed by atoms with van der Waals surface area (Å²) in [6, 6.07) is 9.91. The quantitative estimate of drug-likeness (QED) is 0.244. The third-order valence-corrected chi connectivity index (χ3v) is 6.60. The fraction of sp³-hybridized carbons (Fsp3) is 0.357. The van der Waals surface area contributed by atoms with Crippen molar-refractivity contribution < 1.29 is 32.1 Å². The van der Waals surface area contributed by atoms with Crippen LogP contribution in [-0.4, -0.2) is 73.5 Å². The number of fused-ring (bicyclic) bond motifs is 2. The van der Waals surface area contributed by atoms with Crippen molar-refractivity contribution in [2.24, 2.45) is 0 Å². The van der Waals surface area contributed by atoms with Gasteiger partial charge in [-0.15, -0.1) is 0 Å². The first kappa shape index (κ1) is 26.9. The van der Waals surface area contributed by atoms with Gasteiger partial charge in [0.1, 0.15) is 17.1 Å². The number of hydrogen-bond acceptors (Lipinski definition) is 7. The van der Waals surface area contributed by atoms with Gasteiger partial charge in [0, 0.05) is 30.6 Å². The molecule has 0 aliphatic carbocycles. The van der Waals surface area contributed by atoms with Crippen molar-refractivity contribution >= 4 is 27.5 Å². The number of nitrogens with zero attached hydrogens (tertiary/aromatic N) is 4. The average molecular weight is 545 g/mol. The van der Waals surface area contributed by atoms with E-state index in [4.69, 9.17) is 9.47 Å². The molecule has 0 bridgehead atoms. The van der Waals surface area contributed by atoms with Gasteiger partial charge < -0.3 is 24.4 Å². The van der Waals surface area contributed by atoms with E-state index in [0.717, 1.165) is 18.7 Å². The van der Waals surface area contributed by atoms with Crippen molar-refractivity contribution in [2.45, 2.75) is 12.6 Å². The molecule has 0 unspecified atom stereocenters. The number of hydrogen-bond donors (Lipinski definition) is 1. The van der Waals surface area contributed by atoms with Crippen LogP contribution >= 0.6 is 0 Å². The number of benzene rings is 3. The molecule has 3 aromatic carbocycles. The van der Waals surface area contributed by atoms with Gasteiger partial charge in [-0.3, -0.25) is 0 Å². The van der Waals surface area contributed by atoms with E-state index in [1.54, 1.807) is 29.2 Å². The summed E-state index contributed by atoms with van der Waals surface area (Å²) in [5.41, 5.74) is -2.24. The number of morpholine rings is 1. The van der Waals surface area contributed by atoms with Crippen LogP contribution in [0.3, 0.4) is 0 Å². The number of phenolic OH excluding ortho intramolecular Hbond substituents is 1. The molecule has 1 fully saturated rings. The molecular formula is C28H28F4N4O3. The van der Waals surface area contributed by atoms with E-state index >= 15 is 4.39 Å². The number of halogens is 4. The highest BCUT2D eigenvalue weighted by Crippen LogP contribution is 2.45. The summed E-state index contributed by atoms with van der Waals surface area (Å²) in [5.74, 6) is -1.29. The van der Waals surface area contributed by atoms with Crippen LogP contribution in [0.2, 0.25) is 0 Å². The summed E-state index contributed by atoms with van der Waals surface area (Å²) in [4.78, 5) is 12.4. The predicted molar refractivity (Wildman–Crippen MR) is 141 cm³/mol. The molecule has 1 saturated heterocycles. The number of rotatable bonds is 7. The molecule has 0 amide bonds. The van der Waals surface area contributed by atoms with Gasteiger partial charge in [-0.25, -0.2) is 4.39 Å². The number of aromatic hydroxyl groups is 1. The molecule has 7 nitrogen and oxygen atoms in total. The second-order valence-electron chi connectivity index (χ2n) is 9.66. The van der Waals surface area contributed by atoms with Crippen molar-refractivity contribution in [1.29, 1.82) is 0 Å². The third kappa shape index (κ3) is 5.55. The van der Waals surface area contributed by atoms with Crippen LogP contribution in [0.4, 0.5) is 23.4 Å². The molecule has 2 heterocycles. The van der Waals surface area contributed by atoms with Crippen LogP contribution in [0.15, 0.2) is 42.5 Å². The Morgan fingerprint density at radius 1 is 1.05 bits per heavy atom. The molecular weight excluding hydrogens is 516 g/mol. The summed E-state index contributed by atoms with van der Waals surface area (Å²) in [6.07, 6.45) is -4.25. The zero-order valence-corrected chi connectivity index (χ0v) is 21.6. The second kappa shape index (κ2) is 10.8. The smallest absolute Gasteiger partial charge is 0.417 e. The molecule has 11 heteroatoms. The first-order valence-electron chi connectivity index (χ1n) is 12.6. The van der Waals surface area contributed by atoms with Crippen LogP contribution in [-0.2, 0) is 10.9 Å². The minimum atomic E-state index is -4.90. The molecule has 1 aliphatic rings. The first-order valence-corrected chi connectivity index (χ1v) is 12.6. The molecule has 1 N–H and O–H groups in total. The Morgan fingerprint density at radius 2 is 1.79 bits per heavy atom. The molecule has 1 aromatic heterocycles. The van der Waals surface area contributed by atoms with Crippen molar-refractivity contribution in [3.8, 4) is 22.9 Å². The molecule has 0 atom stereocenters. The van der Waals surface area contributed by atoms with Crippen LogP contribution < -0.4 is 9.64 Å². The summed E-state index contributed by atoms with van der Waals surface area (Å²) < 4.78 is 71.2.